The van der Waals surface area contributed by atoms with E-state index in [1.54, 1.807) is 0 Å². The highest BCUT2D eigenvalue weighted by atomic mass is 16.5. The normalized spacial score (nSPS) is 17.9. The minimum atomic E-state index is 0.187. The first-order valence-corrected chi connectivity index (χ1v) is 8.25. The molecule has 2 nitrogen and oxygen atoms in total. The Hall–Kier alpha value is -0.860. The first-order valence-electron chi connectivity index (χ1n) is 8.25. The van der Waals surface area contributed by atoms with E-state index in [4.69, 9.17) is 4.74 Å². The van der Waals surface area contributed by atoms with Gasteiger partial charge in [0.1, 0.15) is 0 Å². The molecule has 1 aromatic carbocycles. The molecule has 0 aliphatic heterocycles. The van der Waals surface area contributed by atoms with Gasteiger partial charge in [-0.1, -0.05) is 50.1 Å². The van der Waals surface area contributed by atoms with Gasteiger partial charge in [-0.25, -0.2) is 0 Å². The molecule has 1 aromatic rings. The molecular formula is C18H29NO. The Balaban J connectivity index is 2.02. The van der Waals surface area contributed by atoms with Gasteiger partial charge in [-0.15, -0.1) is 0 Å². The summed E-state index contributed by atoms with van der Waals surface area (Å²) in [6.45, 7) is 6.16. The molecule has 0 bridgehead atoms. The third kappa shape index (κ3) is 4.92. The van der Waals surface area contributed by atoms with E-state index in [9.17, 15) is 0 Å². The monoisotopic (exact) mass is 275 g/mol. The fourth-order valence-electron chi connectivity index (χ4n) is 2.78. The van der Waals surface area contributed by atoms with E-state index < -0.39 is 0 Å². The summed E-state index contributed by atoms with van der Waals surface area (Å²) < 4.78 is 6.08. The summed E-state index contributed by atoms with van der Waals surface area (Å²) in [6.07, 6.45) is 6.80. The zero-order chi connectivity index (χ0) is 14.2. The first kappa shape index (κ1) is 15.5. The maximum absolute atomic E-state index is 6.08. The second-order valence-corrected chi connectivity index (χ2v) is 5.87. The van der Waals surface area contributed by atoms with Crippen LogP contribution in [0.5, 0.6) is 0 Å². The molecule has 0 amide bonds. The van der Waals surface area contributed by atoms with Crippen LogP contribution in [0.1, 0.15) is 57.6 Å². The molecule has 1 aliphatic rings. The minimum Gasteiger partial charge on any atom is -0.372 e. The first-order chi connectivity index (χ1) is 9.85. The van der Waals surface area contributed by atoms with Crippen molar-refractivity contribution >= 4 is 0 Å². The molecule has 0 heterocycles. The summed E-state index contributed by atoms with van der Waals surface area (Å²) in [5.74, 6) is 0.985. The molecule has 20 heavy (non-hydrogen) atoms. The second kappa shape index (κ2) is 8.43. The third-order valence-corrected chi connectivity index (χ3v) is 4.08. The third-order valence-electron chi connectivity index (χ3n) is 4.08. The van der Waals surface area contributed by atoms with Crippen molar-refractivity contribution in [1.82, 2.24) is 5.32 Å². The molecule has 2 unspecified atom stereocenters. The van der Waals surface area contributed by atoms with E-state index in [1.807, 2.05) is 0 Å². The van der Waals surface area contributed by atoms with Crippen LogP contribution in [0.3, 0.4) is 0 Å². The lowest BCUT2D eigenvalue weighted by molar-refractivity contribution is 0.0300. The fraction of sp³-hybridized carbons (Fsp3) is 0.667. The average molecular weight is 275 g/mol. The Bertz CT molecular complexity index is 361. The van der Waals surface area contributed by atoms with E-state index >= 15 is 0 Å². The fourth-order valence-corrected chi connectivity index (χ4v) is 2.78. The molecule has 0 radical (unpaired) electrons. The number of nitrogens with one attached hydrogen (secondary N) is 1. The number of hydrogen-bond donors (Lipinski definition) is 1. The molecule has 1 saturated carbocycles. The molecule has 0 aromatic heterocycles. The Morgan fingerprint density at radius 3 is 2.55 bits per heavy atom. The predicted molar refractivity (Wildman–Crippen MR) is 84.8 cm³/mol. The Morgan fingerprint density at radius 1 is 1.20 bits per heavy atom. The molecule has 1 N–H and O–H groups in total. The number of ether oxygens (including phenoxy) is 1. The molecule has 0 spiro atoms. The van der Waals surface area contributed by atoms with Crippen LogP contribution < -0.4 is 5.32 Å². The van der Waals surface area contributed by atoms with Crippen molar-refractivity contribution in [3.05, 3.63) is 35.9 Å². The standard InChI is InChI=1S/C18H29NO/c1-3-14-19-17(13-12-15-10-11-15)18(20-4-2)16-8-6-5-7-9-16/h5-9,15,17-19H,3-4,10-14H2,1-2H3. The SMILES string of the molecule is CCCNC(CCC1CC1)C(OCC)c1ccccc1. The lowest BCUT2D eigenvalue weighted by Gasteiger charge is -2.28. The quantitative estimate of drug-likeness (QED) is 0.686. The Morgan fingerprint density at radius 2 is 1.95 bits per heavy atom. The van der Waals surface area contributed by atoms with Crippen LogP contribution in [0, 0.1) is 5.92 Å². The van der Waals surface area contributed by atoms with Gasteiger partial charge in [-0.05, 0) is 44.2 Å². The summed E-state index contributed by atoms with van der Waals surface area (Å²) in [5, 5.41) is 3.71. The summed E-state index contributed by atoms with van der Waals surface area (Å²) in [6, 6.07) is 11.1. The van der Waals surface area contributed by atoms with Gasteiger partial charge in [0.05, 0.1) is 6.10 Å². The Kier molecular flexibility index (Phi) is 6.55. The van der Waals surface area contributed by atoms with E-state index in [1.165, 1.54) is 37.7 Å². The Labute approximate surface area is 123 Å². The summed E-state index contributed by atoms with van der Waals surface area (Å²) >= 11 is 0. The molecule has 1 fully saturated rings. The van der Waals surface area contributed by atoms with E-state index in [2.05, 4.69) is 49.5 Å². The summed E-state index contributed by atoms with van der Waals surface area (Å²) in [5.41, 5.74) is 1.30. The van der Waals surface area contributed by atoms with Gasteiger partial charge < -0.3 is 10.1 Å². The molecule has 112 valence electrons. The zero-order valence-corrected chi connectivity index (χ0v) is 13.0. The van der Waals surface area contributed by atoms with Crippen LogP contribution in [0.2, 0.25) is 0 Å². The highest BCUT2D eigenvalue weighted by molar-refractivity contribution is 5.19. The smallest absolute Gasteiger partial charge is 0.0977 e. The van der Waals surface area contributed by atoms with E-state index in [0.29, 0.717) is 6.04 Å². The highest BCUT2D eigenvalue weighted by Gasteiger charge is 2.27. The van der Waals surface area contributed by atoms with E-state index in [0.717, 1.165) is 19.1 Å². The van der Waals surface area contributed by atoms with Gasteiger partial charge in [-0.2, -0.15) is 0 Å². The van der Waals surface area contributed by atoms with Gasteiger partial charge in [0.25, 0.3) is 0 Å². The maximum atomic E-state index is 6.08. The number of rotatable bonds is 10. The van der Waals surface area contributed by atoms with Crippen LogP contribution in [-0.2, 0) is 4.74 Å². The van der Waals surface area contributed by atoms with Crippen molar-refractivity contribution in [1.29, 1.82) is 0 Å². The van der Waals surface area contributed by atoms with Crippen LogP contribution in [0.25, 0.3) is 0 Å². The largest absolute Gasteiger partial charge is 0.372 e. The number of benzene rings is 1. The minimum absolute atomic E-state index is 0.187. The van der Waals surface area contributed by atoms with Crippen molar-refractivity contribution in [2.45, 2.75) is 58.1 Å². The zero-order valence-electron chi connectivity index (χ0n) is 13.0. The molecule has 2 atom stereocenters. The van der Waals surface area contributed by atoms with Crippen LogP contribution in [0.15, 0.2) is 30.3 Å². The van der Waals surface area contributed by atoms with E-state index in [-0.39, 0.29) is 6.10 Å². The highest BCUT2D eigenvalue weighted by Crippen LogP contribution is 2.35. The van der Waals surface area contributed by atoms with Crippen molar-refractivity contribution in [2.75, 3.05) is 13.2 Å². The van der Waals surface area contributed by atoms with Gasteiger partial charge in [0.2, 0.25) is 0 Å². The van der Waals surface area contributed by atoms with Gasteiger partial charge >= 0.3 is 0 Å². The van der Waals surface area contributed by atoms with Crippen LogP contribution >= 0.6 is 0 Å². The summed E-state index contributed by atoms with van der Waals surface area (Å²) in [7, 11) is 0. The molecule has 1 aliphatic carbocycles. The predicted octanol–water partition coefficient (Wildman–Crippen LogP) is 4.32. The molecule has 2 rings (SSSR count). The molecular weight excluding hydrogens is 246 g/mol. The van der Waals surface area contributed by atoms with Gasteiger partial charge in [0, 0.05) is 12.6 Å². The lowest BCUT2D eigenvalue weighted by Crippen LogP contribution is -2.37. The second-order valence-electron chi connectivity index (χ2n) is 5.87. The van der Waals surface area contributed by atoms with Crippen molar-refractivity contribution in [2.24, 2.45) is 5.92 Å². The summed E-state index contributed by atoms with van der Waals surface area (Å²) in [4.78, 5) is 0. The molecule has 2 heteroatoms. The van der Waals surface area contributed by atoms with Gasteiger partial charge in [-0.3, -0.25) is 0 Å². The van der Waals surface area contributed by atoms with Crippen LogP contribution in [-0.4, -0.2) is 19.2 Å². The van der Waals surface area contributed by atoms with Crippen LogP contribution in [0.4, 0.5) is 0 Å². The van der Waals surface area contributed by atoms with Crippen molar-refractivity contribution < 1.29 is 4.74 Å². The molecule has 0 saturated heterocycles. The topological polar surface area (TPSA) is 21.3 Å². The average Bonchev–Trinajstić information content (AvgIpc) is 3.31. The lowest BCUT2D eigenvalue weighted by atomic mass is 9.97. The maximum Gasteiger partial charge on any atom is 0.0977 e. The van der Waals surface area contributed by atoms with Gasteiger partial charge in [0.15, 0.2) is 0 Å². The van der Waals surface area contributed by atoms with Crippen molar-refractivity contribution in [3.63, 3.8) is 0 Å². The van der Waals surface area contributed by atoms with Crippen molar-refractivity contribution in [3.8, 4) is 0 Å². The number of hydrogen-bond acceptors (Lipinski definition) is 2.